The van der Waals surface area contributed by atoms with Gasteiger partial charge in [0.25, 0.3) is 0 Å². The molecule has 1 aliphatic rings. The van der Waals surface area contributed by atoms with Crippen molar-refractivity contribution in [3.63, 3.8) is 0 Å². The van der Waals surface area contributed by atoms with Crippen molar-refractivity contribution in [3.05, 3.63) is 11.4 Å². The molecule has 0 bridgehead atoms. The smallest absolute Gasteiger partial charge is 0.221 e. The van der Waals surface area contributed by atoms with Crippen molar-refractivity contribution in [3.8, 4) is 5.88 Å². The van der Waals surface area contributed by atoms with Gasteiger partial charge in [0, 0.05) is 19.1 Å². The van der Waals surface area contributed by atoms with Gasteiger partial charge < -0.3 is 14.8 Å². The van der Waals surface area contributed by atoms with E-state index in [0.29, 0.717) is 31.6 Å². The van der Waals surface area contributed by atoms with Gasteiger partial charge in [0.2, 0.25) is 5.88 Å². The van der Waals surface area contributed by atoms with Crippen molar-refractivity contribution in [2.24, 2.45) is 0 Å². The number of nitrogens with one attached hydrogen (secondary N) is 1. The molecule has 0 amide bonds. The summed E-state index contributed by atoms with van der Waals surface area (Å²) in [6, 6.07) is 0. The Morgan fingerprint density at radius 3 is 2.63 bits per heavy atom. The van der Waals surface area contributed by atoms with E-state index in [1.807, 2.05) is 13.8 Å². The lowest BCUT2D eigenvalue weighted by Crippen LogP contribution is -2.12. The molecule has 1 saturated carbocycles. The Balaban J connectivity index is 2.10. The van der Waals surface area contributed by atoms with Crippen LogP contribution >= 0.6 is 0 Å². The van der Waals surface area contributed by atoms with E-state index >= 15 is 0 Å². The van der Waals surface area contributed by atoms with Gasteiger partial charge in [0.1, 0.15) is 18.2 Å². The van der Waals surface area contributed by atoms with Crippen LogP contribution in [0, 0.1) is 6.92 Å². The normalized spacial score (nSPS) is 14.5. The molecule has 0 aromatic carbocycles. The second-order valence-corrected chi connectivity index (χ2v) is 4.71. The van der Waals surface area contributed by atoms with Gasteiger partial charge in [-0.1, -0.05) is 0 Å². The Morgan fingerprint density at radius 2 is 2.00 bits per heavy atom. The van der Waals surface area contributed by atoms with Crippen LogP contribution in [0.5, 0.6) is 5.88 Å². The zero-order chi connectivity index (χ0) is 13.7. The first-order chi connectivity index (χ1) is 9.26. The van der Waals surface area contributed by atoms with E-state index in [1.54, 1.807) is 0 Å². The topological polar surface area (TPSA) is 56.3 Å². The van der Waals surface area contributed by atoms with Gasteiger partial charge in [-0.05, 0) is 33.6 Å². The summed E-state index contributed by atoms with van der Waals surface area (Å²) < 4.78 is 11.0. The highest BCUT2D eigenvalue weighted by atomic mass is 16.5. The quantitative estimate of drug-likeness (QED) is 0.732. The lowest BCUT2D eigenvalue weighted by molar-refractivity contribution is 0.108. The Labute approximate surface area is 114 Å². The van der Waals surface area contributed by atoms with Crippen molar-refractivity contribution in [2.75, 3.05) is 31.7 Å². The van der Waals surface area contributed by atoms with Crippen LogP contribution in [0.1, 0.15) is 44.0 Å². The monoisotopic (exact) mass is 265 g/mol. The van der Waals surface area contributed by atoms with Crippen molar-refractivity contribution < 1.29 is 9.47 Å². The van der Waals surface area contributed by atoms with Crippen LogP contribution in [0.25, 0.3) is 0 Å². The van der Waals surface area contributed by atoms with Crippen molar-refractivity contribution >= 4 is 5.82 Å². The minimum absolute atomic E-state index is 0.521. The lowest BCUT2D eigenvalue weighted by Gasteiger charge is -2.13. The molecule has 1 aliphatic carbocycles. The molecule has 0 saturated heterocycles. The molecule has 1 aromatic heterocycles. The summed E-state index contributed by atoms with van der Waals surface area (Å²) in [6.07, 6.45) is 2.38. The molecule has 0 unspecified atom stereocenters. The molecule has 2 rings (SSSR count). The number of hydrogen-bond acceptors (Lipinski definition) is 5. The van der Waals surface area contributed by atoms with Crippen LogP contribution in [0.3, 0.4) is 0 Å². The Bertz CT molecular complexity index is 419. The van der Waals surface area contributed by atoms with Crippen molar-refractivity contribution in [2.45, 2.75) is 39.5 Å². The SMILES string of the molecule is CCNc1nc(C2CC2)nc(OCCOCC)c1C. The van der Waals surface area contributed by atoms with Crippen LogP contribution in [0.15, 0.2) is 0 Å². The van der Waals surface area contributed by atoms with E-state index in [9.17, 15) is 0 Å². The summed E-state index contributed by atoms with van der Waals surface area (Å²) in [7, 11) is 0. The number of aromatic nitrogens is 2. The largest absolute Gasteiger partial charge is 0.475 e. The average molecular weight is 265 g/mol. The zero-order valence-electron chi connectivity index (χ0n) is 12.0. The minimum Gasteiger partial charge on any atom is -0.475 e. The van der Waals surface area contributed by atoms with E-state index < -0.39 is 0 Å². The molecule has 0 spiro atoms. The molecule has 5 heteroatoms. The third-order valence-corrected chi connectivity index (χ3v) is 3.08. The predicted octanol–water partition coefficient (Wildman–Crippen LogP) is 2.51. The van der Waals surface area contributed by atoms with Gasteiger partial charge in [0.05, 0.1) is 12.2 Å². The van der Waals surface area contributed by atoms with Crippen LogP contribution in [0.4, 0.5) is 5.82 Å². The highest BCUT2D eigenvalue weighted by Crippen LogP contribution is 2.39. The first-order valence-corrected chi connectivity index (χ1v) is 7.09. The summed E-state index contributed by atoms with van der Waals surface area (Å²) in [6.45, 7) is 8.71. The molecular weight excluding hydrogens is 242 g/mol. The number of ether oxygens (including phenoxy) is 2. The first-order valence-electron chi connectivity index (χ1n) is 7.09. The highest BCUT2D eigenvalue weighted by molar-refractivity contribution is 5.49. The first kappa shape index (κ1) is 14.1. The van der Waals surface area contributed by atoms with Crippen LogP contribution < -0.4 is 10.1 Å². The van der Waals surface area contributed by atoms with Crippen LogP contribution in [-0.4, -0.2) is 36.3 Å². The molecule has 1 aromatic rings. The minimum atomic E-state index is 0.521. The summed E-state index contributed by atoms with van der Waals surface area (Å²) in [5.41, 5.74) is 0.975. The van der Waals surface area contributed by atoms with Gasteiger partial charge in [-0.2, -0.15) is 4.98 Å². The maximum absolute atomic E-state index is 5.73. The van der Waals surface area contributed by atoms with Crippen molar-refractivity contribution in [1.82, 2.24) is 9.97 Å². The zero-order valence-corrected chi connectivity index (χ0v) is 12.0. The fourth-order valence-corrected chi connectivity index (χ4v) is 1.86. The third-order valence-electron chi connectivity index (χ3n) is 3.08. The fourth-order valence-electron chi connectivity index (χ4n) is 1.86. The molecule has 19 heavy (non-hydrogen) atoms. The summed E-state index contributed by atoms with van der Waals surface area (Å²) in [5.74, 6) is 3.01. The predicted molar refractivity (Wildman–Crippen MR) is 74.9 cm³/mol. The van der Waals surface area contributed by atoms with Crippen LogP contribution in [0.2, 0.25) is 0 Å². The van der Waals surface area contributed by atoms with Gasteiger partial charge in [-0.3, -0.25) is 0 Å². The molecule has 0 atom stereocenters. The molecule has 0 aliphatic heterocycles. The highest BCUT2D eigenvalue weighted by Gasteiger charge is 2.28. The maximum Gasteiger partial charge on any atom is 0.221 e. The molecular formula is C14H23N3O2. The standard InChI is InChI=1S/C14H23N3O2/c1-4-15-12-10(3)14(19-9-8-18-5-2)17-13(16-12)11-6-7-11/h11H,4-9H2,1-3H3,(H,15,16,17). The molecule has 0 radical (unpaired) electrons. The van der Waals surface area contributed by atoms with Gasteiger partial charge >= 0.3 is 0 Å². The second kappa shape index (κ2) is 6.70. The van der Waals surface area contributed by atoms with E-state index in [0.717, 1.165) is 23.8 Å². The lowest BCUT2D eigenvalue weighted by atomic mass is 10.3. The Morgan fingerprint density at radius 1 is 1.21 bits per heavy atom. The van der Waals surface area contributed by atoms with E-state index in [2.05, 4.69) is 22.2 Å². The number of rotatable bonds is 8. The average Bonchev–Trinajstić information content (AvgIpc) is 3.23. The Kier molecular flexibility index (Phi) is 4.96. The maximum atomic E-state index is 5.73. The van der Waals surface area contributed by atoms with E-state index in [4.69, 9.17) is 9.47 Å². The Hall–Kier alpha value is -1.36. The van der Waals surface area contributed by atoms with Gasteiger partial charge in [-0.25, -0.2) is 4.98 Å². The van der Waals surface area contributed by atoms with E-state index in [1.165, 1.54) is 12.8 Å². The second-order valence-electron chi connectivity index (χ2n) is 4.71. The summed E-state index contributed by atoms with van der Waals surface area (Å²) >= 11 is 0. The molecule has 1 N–H and O–H groups in total. The van der Waals surface area contributed by atoms with Gasteiger partial charge in [-0.15, -0.1) is 0 Å². The van der Waals surface area contributed by atoms with Crippen molar-refractivity contribution in [1.29, 1.82) is 0 Å². The summed E-state index contributed by atoms with van der Waals surface area (Å²) in [5, 5.41) is 3.28. The van der Waals surface area contributed by atoms with E-state index in [-0.39, 0.29) is 0 Å². The van der Waals surface area contributed by atoms with Gasteiger partial charge in [0.15, 0.2) is 0 Å². The number of nitrogens with zero attached hydrogens (tertiary/aromatic N) is 2. The molecule has 1 fully saturated rings. The van der Waals surface area contributed by atoms with Crippen LogP contribution in [-0.2, 0) is 4.74 Å². The molecule has 5 nitrogen and oxygen atoms in total. The fraction of sp³-hybridized carbons (Fsp3) is 0.714. The number of anilines is 1. The molecule has 106 valence electrons. The molecule has 1 heterocycles. The third kappa shape index (κ3) is 3.80. The summed E-state index contributed by atoms with van der Waals surface area (Å²) in [4.78, 5) is 9.14. The number of hydrogen-bond donors (Lipinski definition) is 1.